The quantitative estimate of drug-likeness (QED) is 0.462. The fourth-order valence-corrected chi connectivity index (χ4v) is 0. The molecular weight excluding hydrogens is 142 g/mol. The van der Waals surface area contributed by atoms with Crippen molar-refractivity contribution < 1.29 is 0 Å². The minimum Gasteiger partial charge on any atom is -0.130 e. The molecule has 0 fully saturated rings. The number of hydrogen-bond donors (Lipinski definition) is 0. The van der Waals surface area contributed by atoms with Crippen LogP contribution in [0.4, 0.5) is 0 Å². The van der Waals surface area contributed by atoms with E-state index in [1.54, 1.807) is 0 Å². The third-order valence-electron chi connectivity index (χ3n) is 0. The number of rotatable bonds is 0. The van der Waals surface area contributed by atoms with Crippen LogP contribution in [0.3, 0.4) is 0 Å². The Balaban J connectivity index is 0. The van der Waals surface area contributed by atoms with Gasteiger partial charge in [-0.25, -0.2) is 0 Å². The summed E-state index contributed by atoms with van der Waals surface area (Å²) in [6, 6.07) is 0. The van der Waals surface area contributed by atoms with Gasteiger partial charge in [0.15, 0.2) is 0 Å². The van der Waals surface area contributed by atoms with Gasteiger partial charge in [0.25, 0.3) is 0 Å². The maximum absolute atomic E-state index is 4.85. The van der Waals surface area contributed by atoms with E-state index < -0.39 is 0 Å². The Hall–Kier alpha value is 0.610. The molecule has 0 amide bonds. The lowest BCUT2D eigenvalue weighted by molar-refractivity contribution is 2.45. The summed E-state index contributed by atoms with van der Waals surface area (Å²) >= 11 is 14.3. The van der Waals surface area contributed by atoms with Crippen LogP contribution in [-0.4, -0.2) is 6.38 Å². The first kappa shape index (κ1) is 9.79. The minimum atomic E-state index is 0.111. The molecule has 0 aliphatic heterocycles. The van der Waals surface area contributed by atoms with Gasteiger partial charge in [0.1, 0.15) is 0 Å². The molecule has 0 aromatic heterocycles. The van der Waals surface area contributed by atoms with Gasteiger partial charge >= 0.3 is 0 Å². The van der Waals surface area contributed by atoms with Crippen LogP contribution in [0, 0.1) is 0 Å². The first-order valence-electron chi connectivity index (χ1n) is 1.11. The van der Waals surface area contributed by atoms with Crippen molar-refractivity contribution in [1.82, 2.24) is 0 Å². The molecule has 0 nitrogen and oxygen atoms in total. The highest BCUT2D eigenvalue weighted by molar-refractivity contribution is 6.55. The second-order valence-electron chi connectivity index (χ2n) is 0.339. The second kappa shape index (κ2) is 9.15. The molecule has 0 saturated heterocycles. The van der Waals surface area contributed by atoms with Crippen molar-refractivity contribution in [2.45, 2.75) is 0 Å². The second-order valence-corrected chi connectivity index (χ2v) is 1.44. The molecule has 0 aromatic rings. The number of halogens is 3. The summed E-state index contributed by atoms with van der Waals surface area (Å²) in [5, 5.41) is 0. The molecule has 0 aliphatic rings. The van der Waals surface area contributed by atoms with Gasteiger partial charge in [0, 0.05) is 6.38 Å². The van der Waals surface area contributed by atoms with E-state index in [0.717, 1.165) is 0 Å². The lowest BCUT2D eigenvalue weighted by atomic mass is 11.3. The summed E-state index contributed by atoms with van der Waals surface area (Å²) < 4.78 is 0.111. The van der Waals surface area contributed by atoms with Crippen LogP contribution in [0.25, 0.3) is 0 Å². The number of hydrogen-bond acceptors (Lipinski definition) is 0. The predicted molar refractivity (Wildman–Crippen MR) is 32.6 cm³/mol. The summed E-state index contributed by atoms with van der Waals surface area (Å²) in [6.45, 7) is 3.09. The summed E-state index contributed by atoms with van der Waals surface area (Å²) in [4.78, 5) is 0. The largest absolute Gasteiger partial charge is 0.130 e. The van der Waals surface area contributed by atoms with E-state index in [-0.39, 0.29) is 4.49 Å². The molecule has 6 heavy (non-hydrogen) atoms. The lowest BCUT2D eigenvalue weighted by Crippen LogP contribution is -1.24. The van der Waals surface area contributed by atoms with Crippen LogP contribution in [-0.2, 0) is 0 Å². The van der Waals surface area contributed by atoms with Gasteiger partial charge in [0.05, 0.1) is 4.49 Å². The first-order valence-corrected chi connectivity index (χ1v) is 2.62. The van der Waals surface area contributed by atoms with Crippen LogP contribution in [0.2, 0.25) is 0 Å². The van der Waals surface area contributed by atoms with Gasteiger partial charge < -0.3 is 0 Å². The molecule has 0 N–H and O–H groups in total. The van der Waals surface area contributed by atoms with E-state index in [1.807, 2.05) is 0 Å². The SMILES string of the molecule is C=C(Cl)Cl.CCl. The average Bonchev–Trinajstić information content (AvgIpc) is 1.41. The smallest absolute Gasteiger partial charge is 0.0992 e. The normalized spacial score (nSPS) is 5.33. The van der Waals surface area contributed by atoms with Crippen molar-refractivity contribution in [2.75, 3.05) is 6.38 Å². The molecule has 0 spiro atoms. The van der Waals surface area contributed by atoms with E-state index in [1.165, 1.54) is 6.38 Å². The van der Waals surface area contributed by atoms with E-state index >= 15 is 0 Å². The van der Waals surface area contributed by atoms with Crippen LogP contribution >= 0.6 is 34.8 Å². The van der Waals surface area contributed by atoms with E-state index in [4.69, 9.17) is 23.2 Å². The van der Waals surface area contributed by atoms with Gasteiger partial charge in [-0.2, -0.15) is 0 Å². The lowest BCUT2D eigenvalue weighted by Gasteiger charge is -1.57. The van der Waals surface area contributed by atoms with Crippen LogP contribution in [0.1, 0.15) is 0 Å². The highest BCUT2D eigenvalue weighted by Gasteiger charge is 1.60. The van der Waals surface area contributed by atoms with Crippen LogP contribution in [0.5, 0.6) is 0 Å². The molecule has 3 heteroatoms. The molecule has 0 unspecified atom stereocenters. The third-order valence-corrected chi connectivity index (χ3v) is 0. The zero-order valence-corrected chi connectivity index (χ0v) is 5.61. The highest BCUT2D eigenvalue weighted by atomic mass is 35.5. The van der Waals surface area contributed by atoms with Crippen molar-refractivity contribution in [3.63, 3.8) is 0 Å². The van der Waals surface area contributed by atoms with E-state index in [9.17, 15) is 0 Å². The zero-order valence-electron chi connectivity index (χ0n) is 3.34. The summed E-state index contributed by atoms with van der Waals surface area (Å²) in [6.07, 6.45) is 1.47. The Morgan fingerprint density at radius 2 is 1.33 bits per heavy atom. The van der Waals surface area contributed by atoms with E-state index in [0.29, 0.717) is 0 Å². The predicted octanol–water partition coefficient (Wildman–Crippen LogP) is 2.79. The van der Waals surface area contributed by atoms with E-state index in [2.05, 4.69) is 18.2 Å². The zero-order chi connectivity index (χ0) is 5.58. The average molecular weight is 147 g/mol. The molecule has 38 valence electrons. The van der Waals surface area contributed by atoms with Crippen molar-refractivity contribution in [3.05, 3.63) is 11.1 Å². The first-order chi connectivity index (χ1) is 2.73. The molecule has 0 saturated carbocycles. The maximum Gasteiger partial charge on any atom is 0.0992 e. The fraction of sp³-hybridized carbons (Fsp3) is 0.333. The van der Waals surface area contributed by atoms with Gasteiger partial charge in [-0.3, -0.25) is 0 Å². The summed E-state index contributed by atoms with van der Waals surface area (Å²) in [5.74, 6) is 0. The van der Waals surface area contributed by atoms with Gasteiger partial charge in [-0.15, -0.1) is 11.6 Å². The van der Waals surface area contributed by atoms with Gasteiger partial charge in [0.2, 0.25) is 0 Å². The Morgan fingerprint density at radius 3 is 1.33 bits per heavy atom. The number of alkyl halides is 1. The van der Waals surface area contributed by atoms with Gasteiger partial charge in [-0.1, -0.05) is 29.8 Å². The Morgan fingerprint density at radius 1 is 1.33 bits per heavy atom. The molecule has 0 rings (SSSR count). The molecule has 0 atom stereocenters. The Labute approximate surface area is 52.7 Å². The van der Waals surface area contributed by atoms with Crippen molar-refractivity contribution in [3.8, 4) is 0 Å². The minimum absolute atomic E-state index is 0.111. The molecule has 0 aliphatic carbocycles. The monoisotopic (exact) mass is 146 g/mol. The Kier molecular flexibility index (Phi) is 14.9. The molecule has 0 bridgehead atoms. The third kappa shape index (κ3) is 161. The molecule has 0 aromatic carbocycles. The van der Waals surface area contributed by atoms with Crippen LogP contribution in [0.15, 0.2) is 11.1 Å². The molecule has 0 radical (unpaired) electrons. The maximum atomic E-state index is 4.85. The molecule has 0 heterocycles. The van der Waals surface area contributed by atoms with Crippen LogP contribution < -0.4 is 0 Å². The summed E-state index contributed by atoms with van der Waals surface area (Å²) in [5.41, 5.74) is 0. The molecular formula is C3H5Cl3. The van der Waals surface area contributed by atoms with Crippen molar-refractivity contribution in [2.24, 2.45) is 0 Å². The fourth-order valence-electron chi connectivity index (χ4n) is 0. The van der Waals surface area contributed by atoms with Gasteiger partial charge in [-0.05, 0) is 0 Å². The van der Waals surface area contributed by atoms with Crippen molar-refractivity contribution in [1.29, 1.82) is 0 Å². The standard InChI is InChI=1S/C2H2Cl2.CH3Cl/c1-2(3)4;1-2/h1H2;1H3. The van der Waals surface area contributed by atoms with Crippen molar-refractivity contribution >= 4 is 34.8 Å². The topological polar surface area (TPSA) is 0 Å². The Bertz CT molecular complexity index is 29.0. The summed E-state index contributed by atoms with van der Waals surface area (Å²) in [7, 11) is 0. The highest BCUT2D eigenvalue weighted by Crippen LogP contribution is 1.98.